The number of hydrogen-bond acceptors (Lipinski definition) is 8. The van der Waals surface area contributed by atoms with Gasteiger partial charge in [0.2, 0.25) is 0 Å². The molecule has 0 unspecified atom stereocenters. The highest BCUT2D eigenvalue weighted by atomic mass is 32.2. The van der Waals surface area contributed by atoms with Crippen LogP contribution in [0.15, 0.2) is 28.0 Å². The zero-order valence-corrected chi connectivity index (χ0v) is 16.3. The summed E-state index contributed by atoms with van der Waals surface area (Å²) in [6.07, 6.45) is 0. The molecule has 0 saturated heterocycles. The summed E-state index contributed by atoms with van der Waals surface area (Å²) in [5.74, 6) is -1.03. The van der Waals surface area contributed by atoms with Crippen molar-refractivity contribution >= 4 is 36.1 Å². The highest BCUT2D eigenvalue weighted by Crippen LogP contribution is 2.24. The van der Waals surface area contributed by atoms with Crippen LogP contribution in [0, 0.1) is 0 Å². The lowest BCUT2D eigenvalue weighted by atomic mass is 10.2. The van der Waals surface area contributed by atoms with E-state index in [1.807, 2.05) is 0 Å². The maximum Gasteiger partial charge on any atom is 0.343 e. The van der Waals surface area contributed by atoms with Gasteiger partial charge in [-0.2, -0.15) is 0 Å². The number of amides is 2. The maximum absolute atomic E-state index is 12.4. The van der Waals surface area contributed by atoms with Crippen molar-refractivity contribution in [3.05, 3.63) is 23.8 Å². The lowest BCUT2D eigenvalue weighted by Gasteiger charge is -2.14. The summed E-state index contributed by atoms with van der Waals surface area (Å²) in [7, 11) is -3.51. The van der Waals surface area contributed by atoms with Crippen LogP contribution in [0.1, 0.15) is 10.4 Å². The Morgan fingerprint density at radius 2 is 1.12 bits per heavy atom. The number of methoxy groups -OCH3 is 1. The van der Waals surface area contributed by atoms with Crippen LogP contribution in [0.2, 0.25) is 0 Å². The smallest absolute Gasteiger partial charge is 0.343 e. The topological polar surface area (TPSA) is 135 Å². The molecule has 0 aromatic heterocycles. The first-order valence-corrected chi connectivity index (χ1v) is 9.89. The van der Waals surface area contributed by atoms with Gasteiger partial charge in [0.15, 0.2) is 0 Å². The molecule has 0 aliphatic carbocycles. The molecule has 26 heavy (non-hydrogen) atoms. The molecule has 144 valence electrons. The van der Waals surface area contributed by atoms with Crippen molar-refractivity contribution in [2.45, 2.75) is 9.79 Å². The van der Waals surface area contributed by atoms with E-state index in [1.165, 1.54) is 28.2 Å². The van der Waals surface area contributed by atoms with Crippen molar-refractivity contribution in [2.75, 3.05) is 35.3 Å². The predicted octanol–water partition coefficient (Wildman–Crippen LogP) is 0.384. The zero-order chi connectivity index (χ0) is 20.4. The van der Waals surface area contributed by atoms with E-state index in [4.69, 9.17) is 0 Å². The molecule has 10 nitrogen and oxygen atoms in total. The third-order valence-corrected chi connectivity index (χ3v) is 6.47. The van der Waals surface area contributed by atoms with Gasteiger partial charge in [-0.25, -0.2) is 21.6 Å². The molecule has 0 saturated carbocycles. The summed E-state index contributed by atoms with van der Waals surface area (Å²) in [6.45, 7) is 0. The Morgan fingerprint density at radius 3 is 1.38 bits per heavy atom. The molecule has 1 aromatic carbocycles. The number of esters is 1. The molecular formula is C14H18N2O8S2. The molecule has 0 radical (unpaired) electrons. The number of carbonyl (C=O) groups excluding carboxylic acids is 3. The van der Waals surface area contributed by atoms with Crippen molar-refractivity contribution in [1.29, 1.82) is 0 Å². The highest BCUT2D eigenvalue weighted by Gasteiger charge is 2.33. The number of carbonyl (C=O) groups is 3. The molecule has 0 aliphatic heterocycles. The molecular weight excluding hydrogens is 388 g/mol. The molecule has 0 spiro atoms. The van der Waals surface area contributed by atoms with Crippen molar-refractivity contribution in [3.8, 4) is 0 Å². The SMILES string of the molecule is COC(=O)c1cc(S(=O)(=O)C(=O)N(C)C)cc(S(=O)(=O)C(=O)N(C)C)c1. The Morgan fingerprint density at radius 1 is 0.769 bits per heavy atom. The first-order chi connectivity index (χ1) is 11.8. The first-order valence-electron chi connectivity index (χ1n) is 6.93. The van der Waals surface area contributed by atoms with Gasteiger partial charge in [-0.1, -0.05) is 0 Å². The fraction of sp³-hybridized carbons (Fsp3) is 0.357. The average molecular weight is 406 g/mol. The number of hydrogen-bond donors (Lipinski definition) is 0. The molecule has 0 N–H and O–H groups in total. The van der Waals surface area contributed by atoms with Crippen LogP contribution in [-0.4, -0.2) is 78.4 Å². The zero-order valence-electron chi connectivity index (χ0n) is 14.7. The Hall–Kier alpha value is -2.47. The number of benzene rings is 1. The fourth-order valence-electron chi connectivity index (χ4n) is 1.80. The molecule has 12 heteroatoms. The van der Waals surface area contributed by atoms with Gasteiger partial charge in [0.25, 0.3) is 19.7 Å². The third-order valence-electron chi connectivity index (χ3n) is 3.11. The van der Waals surface area contributed by atoms with Crippen LogP contribution in [0.3, 0.4) is 0 Å². The quantitative estimate of drug-likeness (QED) is 0.658. The van der Waals surface area contributed by atoms with E-state index in [-0.39, 0.29) is 0 Å². The van der Waals surface area contributed by atoms with Crippen LogP contribution in [0.4, 0.5) is 9.59 Å². The number of nitrogens with zero attached hydrogens (tertiary/aromatic N) is 2. The molecule has 1 rings (SSSR count). The van der Waals surface area contributed by atoms with E-state index >= 15 is 0 Å². The summed E-state index contributed by atoms with van der Waals surface area (Å²) in [6, 6.07) is 2.27. The summed E-state index contributed by atoms with van der Waals surface area (Å²) in [5, 5.41) is -2.64. The van der Waals surface area contributed by atoms with Gasteiger partial charge in [0, 0.05) is 28.2 Å². The normalized spacial score (nSPS) is 11.6. The minimum atomic E-state index is -4.64. The van der Waals surface area contributed by atoms with Gasteiger partial charge in [-0.05, 0) is 18.2 Å². The highest BCUT2D eigenvalue weighted by molar-refractivity contribution is 8.06. The predicted molar refractivity (Wildman–Crippen MR) is 90.3 cm³/mol. The van der Waals surface area contributed by atoms with E-state index < -0.39 is 51.5 Å². The Bertz CT molecular complexity index is 894. The van der Waals surface area contributed by atoms with Crippen LogP contribution in [0.25, 0.3) is 0 Å². The van der Waals surface area contributed by atoms with E-state index in [9.17, 15) is 31.2 Å². The Balaban J connectivity index is 3.79. The summed E-state index contributed by atoms with van der Waals surface area (Å²) in [4.78, 5) is 35.7. The third kappa shape index (κ3) is 4.02. The number of rotatable bonds is 3. The fourth-order valence-corrected chi connectivity index (χ4v) is 4.37. The summed E-state index contributed by atoms with van der Waals surface area (Å²) < 4.78 is 54.0. The second kappa shape index (κ2) is 7.41. The van der Waals surface area contributed by atoms with Gasteiger partial charge in [0.1, 0.15) is 0 Å². The lowest BCUT2D eigenvalue weighted by molar-refractivity contribution is 0.0600. The molecule has 0 bridgehead atoms. The molecule has 0 fully saturated rings. The Kier molecular flexibility index (Phi) is 6.15. The van der Waals surface area contributed by atoms with Gasteiger partial charge < -0.3 is 14.5 Å². The molecule has 2 amide bonds. The second-order valence-corrected chi connectivity index (χ2v) is 9.17. The van der Waals surface area contributed by atoms with Crippen LogP contribution in [0.5, 0.6) is 0 Å². The average Bonchev–Trinajstić information content (AvgIpc) is 2.58. The van der Waals surface area contributed by atoms with E-state index in [1.54, 1.807) is 0 Å². The van der Waals surface area contributed by atoms with Gasteiger partial charge in [-0.3, -0.25) is 9.59 Å². The molecule has 0 heterocycles. The van der Waals surface area contributed by atoms with E-state index in [2.05, 4.69) is 4.74 Å². The van der Waals surface area contributed by atoms with Crippen molar-refractivity contribution in [3.63, 3.8) is 0 Å². The summed E-state index contributed by atoms with van der Waals surface area (Å²) in [5.41, 5.74) is -0.440. The van der Waals surface area contributed by atoms with Crippen LogP contribution < -0.4 is 0 Å². The van der Waals surface area contributed by atoms with E-state index in [0.29, 0.717) is 6.07 Å². The second-order valence-electron chi connectivity index (χ2n) is 5.51. The van der Waals surface area contributed by atoms with Crippen LogP contribution >= 0.6 is 0 Å². The molecule has 0 aliphatic rings. The number of sulfone groups is 2. The van der Waals surface area contributed by atoms with Crippen LogP contribution in [-0.2, 0) is 24.4 Å². The monoisotopic (exact) mass is 406 g/mol. The Labute approximate surface area is 151 Å². The number of ether oxygens (including phenoxy) is 1. The first kappa shape index (κ1) is 21.6. The van der Waals surface area contributed by atoms with Crippen molar-refractivity contribution < 1.29 is 36.0 Å². The van der Waals surface area contributed by atoms with Gasteiger partial charge in [0.05, 0.1) is 22.5 Å². The lowest BCUT2D eigenvalue weighted by Crippen LogP contribution is -2.30. The van der Waals surface area contributed by atoms with E-state index in [0.717, 1.165) is 29.0 Å². The molecule has 1 aromatic rings. The standard InChI is InChI=1S/C14H18N2O8S2/c1-15(2)13(18)25(20,21)10-6-9(12(17)24-5)7-11(8-10)26(22,23)14(19)16(3)4/h6-8H,1-5H3. The van der Waals surface area contributed by atoms with Gasteiger partial charge >= 0.3 is 16.4 Å². The minimum absolute atomic E-state index is 0.440. The van der Waals surface area contributed by atoms with Crippen molar-refractivity contribution in [2.24, 2.45) is 0 Å². The maximum atomic E-state index is 12.4. The van der Waals surface area contributed by atoms with Gasteiger partial charge in [-0.15, -0.1) is 0 Å². The van der Waals surface area contributed by atoms with Crippen molar-refractivity contribution in [1.82, 2.24) is 9.80 Å². The largest absolute Gasteiger partial charge is 0.465 e. The minimum Gasteiger partial charge on any atom is -0.465 e. The summed E-state index contributed by atoms with van der Waals surface area (Å²) >= 11 is 0. The molecule has 0 atom stereocenters.